The van der Waals surface area contributed by atoms with Crippen molar-refractivity contribution in [1.29, 1.82) is 0 Å². The molecule has 0 aromatic carbocycles. The van der Waals surface area contributed by atoms with Gasteiger partial charge in [0.15, 0.2) is 0 Å². The van der Waals surface area contributed by atoms with Crippen LogP contribution >= 0.6 is 0 Å². The van der Waals surface area contributed by atoms with E-state index in [4.69, 9.17) is 0 Å². The third-order valence-corrected chi connectivity index (χ3v) is 7.29. The standard InChI is InChI=1S/C20H34N2O3/c1-5-13-7-8-21-16(10-14(9-13)20(3,4)6-2)19(25)22-12-15(23)11-17(22)18(21)24/h13-17,23H,5-12H2,1-4H3. The van der Waals surface area contributed by atoms with Crippen molar-refractivity contribution in [3.63, 3.8) is 0 Å². The molecule has 3 rings (SSSR count). The first-order chi connectivity index (χ1) is 11.8. The van der Waals surface area contributed by atoms with E-state index in [1.54, 1.807) is 4.90 Å². The van der Waals surface area contributed by atoms with Crippen LogP contribution in [0.1, 0.15) is 66.2 Å². The highest BCUT2D eigenvalue weighted by molar-refractivity contribution is 5.97. The number of carbonyl (C=O) groups is 2. The number of amides is 2. The van der Waals surface area contributed by atoms with Crippen LogP contribution in [0.2, 0.25) is 0 Å². The number of fused-ring (bicyclic) bond motifs is 2. The second kappa shape index (κ2) is 6.90. The Morgan fingerprint density at radius 3 is 2.32 bits per heavy atom. The Morgan fingerprint density at radius 1 is 1.04 bits per heavy atom. The minimum absolute atomic E-state index is 0.0611. The number of piperazine rings is 1. The second-order valence-electron chi connectivity index (χ2n) is 9.02. The van der Waals surface area contributed by atoms with Crippen molar-refractivity contribution in [1.82, 2.24) is 9.80 Å². The molecule has 2 amide bonds. The lowest BCUT2D eigenvalue weighted by molar-refractivity contribution is -0.161. The van der Waals surface area contributed by atoms with Crippen molar-refractivity contribution in [3.05, 3.63) is 0 Å². The Morgan fingerprint density at radius 2 is 1.68 bits per heavy atom. The van der Waals surface area contributed by atoms with Gasteiger partial charge < -0.3 is 14.9 Å². The van der Waals surface area contributed by atoms with Crippen LogP contribution in [0.3, 0.4) is 0 Å². The van der Waals surface area contributed by atoms with Crippen LogP contribution in [0.5, 0.6) is 0 Å². The van der Waals surface area contributed by atoms with E-state index in [1.807, 2.05) is 4.90 Å². The van der Waals surface area contributed by atoms with Crippen LogP contribution in [0.15, 0.2) is 0 Å². The number of nitrogens with zero attached hydrogens (tertiary/aromatic N) is 2. The van der Waals surface area contributed by atoms with E-state index < -0.39 is 12.1 Å². The van der Waals surface area contributed by atoms with Crippen LogP contribution in [0.25, 0.3) is 0 Å². The predicted octanol–water partition coefficient (Wildman–Crippen LogP) is 2.42. The number of aliphatic hydroxyl groups is 1. The van der Waals surface area contributed by atoms with Gasteiger partial charge in [0.2, 0.25) is 11.8 Å². The molecule has 142 valence electrons. The van der Waals surface area contributed by atoms with Gasteiger partial charge in [0.1, 0.15) is 12.1 Å². The lowest BCUT2D eigenvalue weighted by Crippen LogP contribution is -2.64. The third kappa shape index (κ3) is 3.32. The molecule has 1 N–H and O–H groups in total. The van der Waals surface area contributed by atoms with Crippen molar-refractivity contribution >= 4 is 11.8 Å². The fraction of sp³-hybridized carbons (Fsp3) is 0.900. The van der Waals surface area contributed by atoms with Gasteiger partial charge in [-0.3, -0.25) is 9.59 Å². The van der Waals surface area contributed by atoms with Gasteiger partial charge in [-0.2, -0.15) is 0 Å². The van der Waals surface area contributed by atoms with E-state index in [-0.39, 0.29) is 23.3 Å². The zero-order chi connectivity index (χ0) is 18.4. The highest BCUT2D eigenvalue weighted by atomic mass is 16.3. The summed E-state index contributed by atoms with van der Waals surface area (Å²) < 4.78 is 0. The Labute approximate surface area is 151 Å². The number of hydrogen-bond acceptors (Lipinski definition) is 3. The Hall–Kier alpha value is -1.10. The first-order valence-corrected chi connectivity index (χ1v) is 10.1. The molecule has 0 saturated carbocycles. The zero-order valence-corrected chi connectivity index (χ0v) is 16.2. The molecule has 0 spiro atoms. The highest BCUT2D eigenvalue weighted by Gasteiger charge is 2.51. The summed E-state index contributed by atoms with van der Waals surface area (Å²) in [6, 6.07) is -0.765. The quantitative estimate of drug-likeness (QED) is 0.850. The average Bonchev–Trinajstić information content (AvgIpc) is 2.95. The third-order valence-electron chi connectivity index (χ3n) is 7.29. The lowest BCUT2D eigenvalue weighted by atomic mass is 9.68. The van der Waals surface area contributed by atoms with Crippen molar-refractivity contribution in [2.45, 2.75) is 84.4 Å². The lowest BCUT2D eigenvalue weighted by Gasteiger charge is -2.47. The SMILES string of the molecule is CCC1CCN2C(=O)C3CC(O)CN3C(=O)C2CC(C(C)(C)CC)C1. The maximum absolute atomic E-state index is 13.1. The summed E-state index contributed by atoms with van der Waals surface area (Å²) in [4.78, 5) is 29.7. The van der Waals surface area contributed by atoms with Crippen LogP contribution in [-0.4, -0.2) is 58.0 Å². The predicted molar refractivity (Wildman–Crippen MR) is 96.8 cm³/mol. The van der Waals surface area contributed by atoms with Gasteiger partial charge in [-0.1, -0.05) is 40.5 Å². The molecule has 0 aliphatic carbocycles. The van der Waals surface area contributed by atoms with E-state index in [9.17, 15) is 14.7 Å². The van der Waals surface area contributed by atoms with E-state index in [0.29, 0.717) is 31.3 Å². The molecule has 3 aliphatic heterocycles. The molecule has 0 aromatic rings. The topological polar surface area (TPSA) is 60.9 Å². The number of rotatable bonds is 3. The first kappa shape index (κ1) is 18.7. The van der Waals surface area contributed by atoms with Gasteiger partial charge >= 0.3 is 0 Å². The molecule has 0 aromatic heterocycles. The summed E-state index contributed by atoms with van der Waals surface area (Å²) in [5, 5.41) is 9.98. The molecule has 0 bridgehead atoms. The molecular formula is C20H34N2O3. The zero-order valence-electron chi connectivity index (χ0n) is 16.2. The van der Waals surface area contributed by atoms with Gasteiger partial charge in [-0.15, -0.1) is 0 Å². The molecule has 0 radical (unpaired) electrons. The van der Waals surface area contributed by atoms with Gasteiger partial charge in [0.25, 0.3) is 0 Å². The summed E-state index contributed by atoms with van der Waals surface area (Å²) in [6.45, 7) is 10.1. The largest absolute Gasteiger partial charge is 0.391 e. The molecule has 25 heavy (non-hydrogen) atoms. The van der Waals surface area contributed by atoms with Crippen LogP contribution in [-0.2, 0) is 9.59 Å². The van der Waals surface area contributed by atoms with Crippen molar-refractivity contribution < 1.29 is 14.7 Å². The Bertz CT molecular complexity index is 533. The van der Waals surface area contributed by atoms with Crippen LogP contribution in [0.4, 0.5) is 0 Å². The maximum Gasteiger partial charge on any atom is 0.246 e. The molecule has 5 nitrogen and oxygen atoms in total. The minimum Gasteiger partial charge on any atom is -0.391 e. The number of carbonyl (C=O) groups excluding carboxylic acids is 2. The molecule has 5 heteroatoms. The fourth-order valence-corrected chi connectivity index (χ4v) is 4.96. The van der Waals surface area contributed by atoms with Crippen molar-refractivity contribution in [3.8, 4) is 0 Å². The molecule has 3 saturated heterocycles. The van der Waals surface area contributed by atoms with Gasteiger partial charge in [-0.25, -0.2) is 0 Å². The van der Waals surface area contributed by atoms with Crippen LogP contribution < -0.4 is 0 Å². The van der Waals surface area contributed by atoms with Gasteiger partial charge in [-0.05, 0) is 36.5 Å². The maximum atomic E-state index is 13.1. The fourth-order valence-electron chi connectivity index (χ4n) is 4.96. The molecule has 5 atom stereocenters. The summed E-state index contributed by atoms with van der Waals surface area (Å²) in [6.07, 6.45) is 4.94. The average molecular weight is 351 g/mol. The summed E-state index contributed by atoms with van der Waals surface area (Å²) in [5.41, 5.74) is 0.168. The summed E-state index contributed by atoms with van der Waals surface area (Å²) in [7, 11) is 0. The first-order valence-electron chi connectivity index (χ1n) is 10.1. The van der Waals surface area contributed by atoms with Crippen molar-refractivity contribution in [2.75, 3.05) is 13.1 Å². The molecular weight excluding hydrogens is 316 g/mol. The molecule has 5 unspecified atom stereocenters. The molecule has 3 fully saturated rings. The monoisotopic (exact) mass is 350 g/mol. The second-order valence-corrected chi connectivity index (χ2v) is 9.02. The molecule has 3 aliphatic rings. The van der Waals surface area contributed by atoms with Crippen molar-refractivity contribution in [2.24, 2.45) is 17.3 Å². The Kier molecular flexibility index (Phi) is 5.16. The number of hydrogen-bond donors (Lipinski definition) is 1. The highest BCUT2D eigenvalue weighted by Crippen LogP contribution is 2.43. The Balaban J connectivity index is 1.90. The molecule has 3 heterocycles. The van der Waals surface area contributed by atoms with E-state index in [1.165, 1.54) is 0 Å². The van der Waals surface area contributed by atoms with Gasteiger partial charge in [0, 0.05) is 19.5 Å². The van der Waals surface area contributed by atoms with E-state index in [2.05, 4.69) is 27.7 Å². The van der Waals surface area contributed by atoms with Crippen LogP contribution in [0, 0.1) is 17.3 Å². The summed E-state index contributed by atoms with van der Waals surface area (Å²) in [5.74, 6) is 1.18. The van der Waals surface area contributed by atoms with E-state index >= 15 is 0 Å². The van der Waals surface area contributed by atoms with E-state index in [0.717, 1.165) is 32.1 Å². The van der Waals surface area contributed by atoms with Gasteiger partial charge in [0.05, 0.1) is 6.10 Å². The smallest absolute Gasteiger partial charge is 0.246 e. The summed E-state index contributed by atoms with van der Waals surface area (Å²) >= 11 is 0. The number of aliphatic hydroxyl groups excluding tert-OH is 1. The normalized spacial score (nSPS) is 36.8. The minimum atomic E-state index is -0.560.